The topological polar surface area (TPSA) is 29.9 Å². The summed E-state index contributed by atoms with van der Waals surface area (Å²) >= 11 is 0. The highest BCUT2D eigenvalue weighted by molar-refractivity contribution is 4.97. The predicted octanol–water partition coefficient (Wildman–Crippen LogP) is 2.46. The minimum atomic E-state index is 0.242. The maximum atomic E-state index is 4.33. The van der Waals surface area contributed by atoms with E-state index in [2.05, 4.69) is 55.8 Å². The molecule has 0 aliphatic carbocycles. The standard InChI is InChI=1S/C13H25N3/c1-11(2)8-14-9-13(4,5)10-16-12(3)6-7-15-16/h6-7,11,14H,8-10H2,1-5H3. The fraction of sp³-hybridized carbons (Fsp3) is 0.769. The third kappa shape index (κ3) is 4.35. The van der Waals surface area contributed by atoms with Crippen molar-refractivity contribution < 1.29 is 0 Å². The maximum absolute atomic E-state index is 4.33. The molecule has 1 aromatic rings. The zero-order chi connectivity index (χ0) is 12.2. The molecule has 0 spiro atoms. The lowest BCUT2D eigenvalue weighted by Crippen LogP contribution is -2.35. The first-order valence-electron chi connectivity index (χ1n) is 6.10. The quantitative estimate of drug-likeness (QED) is 0.803. The van der Waals surface area contributed by atoms with Crippen LogP contribution >= 0.6 is 0 Å². The van der Waals surface area contributed by atoms with Gasteiger partial charge in [-0.3, -0.25) is 4.68 Å². The van der Waals surface area contributed by atoms with E-state index in [0.29, 0.717) is 5.92 Å². The zero-order valence-electron chi connectivity index (χ0n) is 11.2. The Morgan fingerprint density at radius 2 is 2.12 bits per heavy atom. The molecule has 0 amide bonds. The number of hydrogen-bond donors (Lipinski definition) is 1. The molecule has 0 saturated heterocycles. The Bertz CT molecular complexity index is 313. The second-order valence-corrected chi connectivity index (χ2v) is 5.82. The number of aromatic nitrogens is 2. The number of rotatable bonds is 6. The SMILES string of the molecule is Cc1ccnn1CC(C)(C)CNCC(C)C. The van der Waals surface area contributed by atoms with Crippen LogP contribution in [0.3, 0.4) is 0 Å². The molecule has 0 atom stereocenters. The first-order valence-corrected chi connectivity index (χ1v) is 6.10. The molecule has 0 fully saturated rings. The molecule has 1 heterocycles. The van der Waals surface area contributed by atoms with Crippen molar-refractivity contribution in [3.8, 4) is 0 Å². The molecule has 0 radical (unpaired) electrons. The summed E-state index contributed by atoms with van der Waals surface area (Å²) in [5.41, 5.74) is 1.48. The highest BCUT2D eigenvalue weighted by Gasteiger charge is 2.19. The summed E-state index contributed by atoms with van der Waals surface area (Å²) in [4.78, 5) is 0. The molecule has 16 heavy (non-hydrogen) atoms. The van der Waals surface area contributed by atoms with Crippen molar-refractivity contribution in [1.29, 1.82) is 0 Å². The lowest BCUT2D eigenvalue weighted by Gasteiger charge is -2.26. The Morgan fingerprint density at radius 3 is 2.62 bits per heavy atom. The lowest BCUT2D eigenvalue weighted by atomic mass is 9.93. The summed E-state index contributed by atoms with van der Waals surface area (Å²) < 4.78 is 2.08. The summed E-state index contributed by atoms with van der Waals surface area (Å²) in [7, 11) is 0. The van der Waals surface area contributed by atoms with E-state index >= 15 is 0 Å². The first-order chi connectivity index (χ1) is 7.41. The van der Waals surface area contributed by atoms with Gasteiger partial charge in [-0.25, -0.2) is 0 Å². The first kappa shape index (κ1) is 13.2. The molecule has 0 bridgehead atoms. The minimum absolute atomic E-state index is 0.242. The molecule has 92 valence electrons. The van der Waals surface area contributed by atoms with E-state index in [4.69, 9.17) is 0 Å². The van der Waals surface area contributed by atoms with Crippen molar-refractivity contribution in [2.45, 2.75) is 41.2 Å². The number of nitrogens with zero attached hydrogens (tertiary/aromatic N) is 2. The smallest absolute Gasteiger partial charge is 0.0492 e. The van der Waals surface area contributed by atoms with Crippen LogP contribution in [0, 0.1) is 18.3 Å². The van der Waals surface area contributed by atoms with Gasteiger partial charge >= 0.3 is 0 Å². The van der Waals surface area contributed by atoms with Crippen molar-refractivity contribution in [2.75, 3.05) is 13.1 Å². The van der Waals surface area contributed by atoms with E-state index < -0.39 is 0 Å². The van der Waals surface area contributed by atoms with Crippen LogP contribution in [0.25, 0.3) is 0 Å². The fourth-order valence-corrected chi connectivity index (χ4v) is 1.72. The number of nitrogens with one attached hydrogen (secondary N) is 1. The van der Waals surface area contributed by atoms with Crippen LogP contribution in [0.1, 0.15) is 33.4 Å². The Hall–Kier alpha value is -0.830. The van der Waals surface area contributed by atoms with Crippen molar-refractivity contribution in [1.82, 2.24) is 15.1 Å². The van der Waals surface area contributed by atoms with Crippen LogP contribution in [0.15, 0.2) is 12.3 Å². The Kier molecular flexibility index (Phi) is 4.54. The number of aryl methyl sites for hydroxylation is 1. The molecule has 3 heteroatoms. The van der Waals surface area contributed by atoms with Gasteiger partial charge in [0.2, 0.25) is 0 Å². The van der Waals surface area contributed by atoms with E-state index in [0.717, 1.165) is 19.6 Å². The van der Waals surface area contributed by atoms with Crippen LogP contribution in [-0.2, 0) is 6.54 Å². The summed E-state index contributed by atoms with van der Waals surface area (Å²) in [5, 5.41) is 7.85. The Labute approximate surface area is 99.2 Å². The van der Waals surface area contributed by atoms with Gasteiger partial charge in [0, 0.05) is 25.0 Å². The summed E-state index contributed by atoms with van der Waals surface area (Å²) in [6.45, 7) is 14.2. The summed E-state index contributed by atoms with van der Waals surface area (Å²) in [6, 6.07) is 2.05. The third-order valence-electron chi connectivity index (χ3n) is 2.66. The molecule has 1 N–H and O–H groups in total. The van der Waals surface area contributed by atoms with E-state index in [1.54, 1.807) is 0 Å². The normalized spacial score (nSPS) is 12.4. The average molecular weight is 223 g/mol. The van der Waals surface area contributed by atoms with Gasteiger partial charge in [0.15, 0.2) is 0 Å². The molecule has 0 aliphatic rings. The minimum Gasteiger partial charge on any atom is -0.316 e. The van der Waals surface area contributed by atoms with Gasteiger partial charge in [0.1, 0.15) is 0 Å². The van der Waals surface area contributed by atoms with E-state index in [1.807, 2.05) is 6.20 Å². The predicted molar refractivity (Wildman–Crippen MR) is 68.5 cm³/mol. The highest BCUT2D eigenvalue weighted by atomic mass is 15.3. The highest BCUT2D eigenvalue weighted by Crippen LogP contribution is 2.17. The van der Waals surface area contributed by atoms with Crippen molar-refractivity contribution in [2.24, 2.45) is 11.3 Å². The third-order valence-corrected chi connectivity index (χ3v) is 2.66. The molecule has 0 unspecified atom stereocenters. The van der Waals surface area contributed by atoms with Crippen LogP contribution in [0.4, 0.5) is 0 Å². The second kappa shape index (κ2) is 5.48. The lowest BCUT2D eigenvalue weighted by molar-refractivity contribution is 0.270. The molecule has 1 rings (SSSR count). The molecular weight excluding hydrogens is 198 g/mol. The van der Waals surface area contributed by atoms with Crippen LogP contribution in [0.2, 0.25) is 0 Å². The van der Waals surface area contributed by atoms with Crippen molar-refractivity contribution in [3.05, 3.63) is 18.0 Å². The number of hydrogen-bond acceptors (Lipinski definition) is 2. The molecule has 0 saturated carbocycles. The van der Waals surface area contributed by atoms with Gasteiger partial charge in [-0.15, -0.1) is 0 Å². The average Bonchev–Trinajstić information content (AvgIpc) is 2.50. The molecule has 0 aliphatic heterocycles. The second-order valence-electron chi connectivity index (χ2n) is 5.82. The maximum Gasteiger partial charge on any atom is 0.0492 e. The van der Waals surface area contributed by atoms with E-state index in [9.17, 15) is 0 Å². The molecule has 1 aromatic heterocycles. The Balaban J connectivity index is 2.42. The monoisotopic (exact) mass is 223 g/mol. The largest absolute Gasteiger partial charge is 0.316 e. The van der Waals surface area contributed by atoms with E-state index in [1.165, 1.54) is 5.69 Å². The van der Waals surface area contributed by atoms with Crippen molar-refractivity contribution >= 4 is 0 Å². The molecule has 3 nitrogen and oxygen atoms in total. The van der Waals surface area contributed by atoms with Crippen LogP contribution in [-0.4, -0.2) is 22.9 Å². The van der Waals surface area contributed by atoms with Crippen LogP contribution in [0.5, 0.6) is 0 Å². The summed E-state index contributed by atoms with van der Waals surface area (Å²) in [6.07, 6.45) is 1.87. The van der Waals surface area contributed by atoms with Gasteiger partial charge in [0.05, 0.1) is 0 Å². The molecule has 0 aromatic carbocycles. The Morgan fingerprint density at radius 1 is 1.44 bits per heavy atom. The van der Waals surface area contributed by atoms with E-state index in [-0.39, 0.29) is 5.41 Å². The van der Waals surface area contributed by atoms with Gasteiger partial charge < -0.3 is 5.32 Å². The molecular formula is C13H25N3. The van der Waals surface area contributed by atoms with Crippen LogP contribution < -0.4 is 5.32 Å². The fourth-order valence-electron chi connectivity index (χ4n) is 1.72. The summed E-state index contributed by atoms with van der Waals surface area (Å²) in [5.74, 6) is 0.710. The van der Waals surface area contributed by atoms with Gasteiger partial charge in [0.25, 0.3) is 0 Å². The van der Waals surface area contributed by atoms with Gasteiger partial charge in [-0.2, -0.15) is 5.10 Å². The van der Waals surface area contributed by atoms with Gasteiger partial charge in [-0.05, 0) is 30.9 Å². The van der Waals surface area contributed by atoms with Gasteiger partial charge in [-0.1, -0.05) is 27.7 Å². The zero-order valence-corrected chi connectivity index (χ0v) is 11.2. The van der Waals surface area contributed by atoms with Crippen molar-refractivity contribution in [3.63, 3.8) is 0 Å².